The summed E-state index contributed by atoms with van der Waals surface area (Å²) in [5.74, 6) is -0.454. The van der Waals surface area contributed by atoms with E-state index in [1.165, 1.54) is 0 Å². The van der Waals surface area contributed by atoms with Crippen LogP contribution in [0.4, 0.5) is 5.69 Å². The molecule has 1 heterocycles. The molecule has 3 aromatic rings. The van der Waals surface area contributed by atoms with Crippen LogP contribution in [0.25, 0.3) is 0 Å². The number of carbonyl (C=O) groups is 2. The van der Waals surface area contributed by atoms with Gasteiger partial charge in [0.25, 0.3) is 5.91 Å². The molecule has 0 unspecified atom stereocenters. The molecular weight excluding hydrogens is 392 g/mol. The van der Waals surface area contributed by atoms with Crippen molar-refractivity contribution in [1.82, 2.24) is 4.57 Å². The minimum Gasteiger partial charge on any atom is -0.495 e. The summed E-state index contributed by atoms with van der Waals surface area (Å²) in [7, 11) is 1.54. The molecule has 1 aromatic heterocycles. The number of aromatic nitrogens is 1. The van der Waals surface area contributed by atoms with E-state index >= 15 is 0 Å². The van der Waals surface area contributed by atoms with Gasteiger partial charge in [-0.3, -0.25) is 4.79 Å². The molecule has 1 atom stereocenters. The van der Waals surface area contributed by atoms with Crippen molar-refractivity contribution in [2.24, 2.45) is 0 Å². The summed E-state index contributed by atoms with van der Waals surface area (Å²) >= 11 is 0. The monoisotopic (exact) mass is 420 g/mol. The van der Waals surface area contributed by atoms with Crippen molar-refractivity contribution >= 4 is 17.6 Å². The predicted molar refractivity (Wildman–Crippen MR) is 121 cm³/mol. The molecule has 0 aliphatic rings. The van der Waals surface area contributed by atoms with Crippen molar-refractivity contribution in [3.63, 3.8) is 0 Å². The van der Waals surface area contributed by atoms with Gasteiger partial charge in [0.2, 0.25) is 6.10 Å². The second-order valence-corrected chi connectivity index (χ2v) is 7.42. The number of esters is 1. The summed E-state index contributed by atoms with van der Waals surface area (Å²) in [6.45, 7) is 8.51. The molecule has 1 amide bonds. The molecule has 0 bridgehead atoms. The molecule has 3 rings (SSSR count). The third-order valence-electron chi connectivity index (χ3n) is 5.29. The fraction of sp³-hybridized carbons (Fsp3) is 0.280. The smallest absolute Gasteiger partial charge is 0.341 e. The van der Waals surface area contributed by atoms with E-state index in [4.69, 9.17) is 9.47 Å². The van der Waals surface area contributed by atoms with Gasteiger partial charge in [-0.2, -0.15) is 0 Å². The number of methoxy groups -OCH3 is 1. The lowest BCUT2D eigenvalue weighted by Gasteiger charge is -2.19. The number of hydrogen-bond acceptors (Lipinski definition) is 4. The highest BCUT2D eigenvalue weighted by molar-refractivity contribution is 5.99. The van der Waals surface area contributed by atoms with Crippen LogP contribution in [-0.2, 0) is 16.1 Å². The number of anilines is 1. The highest BCUT2D eigenvalue weighted by Crippen LogP contribution is 2.28. The molecule has 31 heavy (non-hydrogen) atoms. The Morgan fingerprint density at radius 2 is 1.74 bits per heavy atom. The Balaban J connectivity index is 1.92. The first-order chi connectivity index (χ1) is 14.8. The molecule has 6 heteroatoms. The molecule has 0 aliphatic carbocycles. The molecule has 0 saturated heterocycles. The molecule has 162 valence electrons. The van der Waals surface area contributed by atoms with Crippen LogP contribution in [0.3, 0.4) is 0 Å². The largest absolute Gasteiger partial charge is 0.495 e. The highest BCUT2D eigenvalue weighted by atomic mass is 16.5. The SMILES string of the molecule is CCn1c(C)cc(C(=O)O[C@@H](C(=O)Nc2cc(C)ccc2OC)c2ccccc2)c1C. The van der Waals surface area contributed by atoms with Crippen molar-refractivity contribution in [2.75, 3.05) is 12.4 Å². The normalized spacial score (nSPS) is 11.6. The summed E-state index contributed by atoms with van der Waals surface area (Å²) in [5.41, 5.74) is 4.32. The zero-order chi connectivity index (χ0) is 22.5. The van der Waals surface area contributed by atoms with E-state index in [-0.39, 0.29) is 0 Å². The zero-order valence-corrected chi connectivity index (χ0v) is 18.6. The minimum atomic E-state index is -1.11. The van der Waals surface area contributed by atoms with E-state index in [1.807, 2.05) is 50.5 Å². The molecule has 0 spiro atoms. The van der Waals surface area contributed by atoms with Gasteiger partial charge in [-0.1, -0.05) is 36.4 Å². The van der Waals surface area contributed by atoms with Gasteiger partial charge in [0, 0.05) is 23.5 Å². The lowest BCUT2D eigenvalue weighted by Crippen LogP contribution is -2.26. The second-order valence-electron chi connectivity index (χ2n) is 7.42. The molecule has 2 aromatic carbocycles. The van der Waals surface area contributed by atoms with Gasteiger partial charge < -0.3 is 19.4 Å². The summed E-state index contributed by atoms with van der Waals surface area (Å²) in [6, 6.07) is 16.3. The quantitative estimate of drug-likeness (QED) is 0.548. The number of nitrogens with zero attached hydrogens (tertiary/aromatic N) is 1. The topological polar surface area (TPSA) is 69.6 Å². The molecule has 0 radical (unpaired) electrons. The maximum absolute atomic E-state index is 13.2. The maximum atomic E-state index is 13.2. The van der Waals surface area contributed by atoms with Crippen LogP contribution in [0.5, 0.6) is 5.75 Å². The molecule has 0 saturated carbocycles. The standard InChI is InChI=1S/C25H28N2O4/c1-6-27-17(3)15-20(18(27)4)25(29)31-23(19-10-8-7-9-11-19)24(28)26-21-14-16(2)12-13-22(21)30-5/h7-15,23H,6H2,1-5H3,(H,26,28)/t23-/m1/s1. The van der Waals surface area contributed by atoms with Gasteiger partial charge in [0.1, 0.15) is 5.75 Å². The van der Waals surface area contributed by atoms with Crippen molar-refractivity contribution in [3.05, 3.63) is 82.7 Å². The van der Waals surface area contributed by atoms with Crippen LogP contribution in [0.1, 0.15) is 45.9 Å². The predicted octanol–water partition coefficient (Wildman–Crippen LogP) is 4.98. The summed E-state index contributed by atoms with van der Waals surface area (Å²) in [6.07, 6.45) is -1.11. The third kappa shape index (κ3) is 4.79. The zero-order valence-electron chi connectivity index (χ0n) is 18.6. The van der Waals surface area contributed by atoms with Crippen LogP contribution >= 0.6 is 0 Å². The number of amides is 1. The first kappa shape index (κ1) is 22.2. The summed E-state index contributed by atoms with van der Waals surface area (Å²) in [4.78, 5) is 26.2. The number of aryl methyl sites for hydroxylation is 2. The van der Waals surface area contributed by atoms with Gasteiger partial charge in [0.05, 0.1) is 18.4 Å². The summed E-state index contributed by atoms with van der Waals surface area (Å²) < 4.78 is 13.1. The number of hydrogen-bond donors (Lipinski definition) is 1. The minimum absolute atomic E-state index is 0.451. The van der Waals surface area contributed by atoms with Crippen LogP contribution in [-0.4, -0.2) is 23.6 Å². The van der Waals surface area contributed by atoms with E-state index in [0.717, 1.165) is 23.5 Å². The first-order valence-electron chi connectivity index (χ1n) is 10.2. The lowest BCUT2D eigenvalue weighted by atomic mass is 10.1. The van der Waals surface area contributed by atoms with Crippen molar-refractivity contribution < 1.29 is 19.1 Å². The van der Waals surface area contributed by atoms with Gasteiger partial charge in [-0.05, 0) is 51.5 Å². The second kappa shape index (κ2) is 9.51. The van der Waals surface area contributed by atoms with Crippen LogP contribution in [0.2, 0.25) is 0 Å². The van der Waals surface area contributed by atoms with Gasteiger partial charge in [-0.25, -0.2) is 4.79 Å². The highest BCUT2D eigenvalue weighted by Gasteiger charge is 2.28. The van der Waals surface area contributed by atoms with E-state index in [1.54, 1.807) is 43.5 Å². The Morgan fingerprint density at radius 1 is 1.03 bits per heavy atom. The molecule has 0 fully saturated rings. The molecule has 1 N–H and O–H groups in total. The van der Waals surface area contributed by atoms with E-state index < -0.39 is 18.0 Å². The average molecular weight is 421 g/mol. The number of nitrogens with one attached hydrogen (secondary N) is 1. The van der Waals surface area contributed by atoms with Crippen LogP contribution < -0.4 is 10.1 Å². The van der Waals surface area contributed by atoms with Gasteiger partial charge in [-0.15, -0.1) is 0 Å². The Labute approximate surface area is 182 Å². The van der Waals surface area contributed by atoms with Crippen molar-refractivity contribution in [2.45, 2.75) is 40.3 Å². The molecular formula is C25H28N2O4. The Bertz CT molecular complexity index is 1090. The van der Waals surface area contributed by atoms with Crippen molar-refractivity contribution in [3.8, 4) is 5.75 Å². The van der Waals surface area contributed by atoms with Crippen LogP contribution in [0, 0.1) is 20.8 Å². The van der Waals surface area contributed by atoms with Gasteiger partial charge in [0.15, 0.2) is 0 Å². The number of carbonyl (C=O) groups excluding carboxylic acids is 2. The average Bonchev–Trinajstić information content (AvgIpc) is 3.05. The number of benzene rings is 2. The molecule has 6 nitrogen and oxygen atoms in total. The number of rotatable bonds is 7. The van der Waals surface area contributed by atoms with Crippen molar-refractivity contribution in [1.29, 1.82) is 0 Å². The maximum Gasteiger partial charge on any atom is 0.341 e. The third-order valence-corrected chi connectivity index (χ3v) is 5.29. The summed E-state index contributed by atoms with van der Waals surface area (Å²) in [5, 5.41) is 2.85. The van der Waals surface area contributed by atoms with E-state index in [9.17, 15) is 9.59 Å². The fourth-order valence-electron chi connectivity index (χ4n) is 3.68. The Hall–Kier alpha value is -3.54. The van der Waals surface area contributed by atoms with Gasteiger partial charge >= 0.3 is 5.97 Å². The van der Waals surface area contributed by atoms with Crippen LogP contribution in [0.15, 0.2) is 54.6 Å². The lowest BCUT2D eigenvalue weighted by molar-refractivity contribution is -0.125. The number of ether oxygens (including phenoxy) is 2. The van der Waals surface area contributed by atoms with E-state index in [0.29, 0.717) is 22.6 Å². The van der Waals surface area contributed by atoms with E-state index in [2.05, 4.69) is 5.32 Å². The first-order valence-corrected chi connectivity index (χ1v) is 10.2. The fourth-order valence-corrected chi connectivity index (χ4v) is 3.68. The Kier molecular flexibility index (Phi) is 6.80. The molecule has 0 aliphatic heterocycles. The Morgan fingerprint density at radius 3 is 2.35 bits per heavy atom.